The number of carboxylic acid groups (broad SMARTS) is 1. The summed E-state index contributed by atoms with van der Waals surface area (Å²) >= 11 is 0. The van der Waals surface area contributed by atoms with E-state index in [4.69, 9.17) is 5.11 Å². The Bertz CT molecular complexity index is 248. The third kappa shape index (κ3) is 1.44. The molecular weight excluding hydrogens is 178 g/mol. The molecule has 2 fully saturated rings. The molecule has 80 valence electrons. The highest BCUT2D eigenvalue weighted by Crippen LogP contribution is 2.61. The second-order valence-electron chi connectivity index (χ2n) is 5.49. The molecule has 14 heavy (non-hydrogen) atoms. The highest BCUT2D eigenvalue weighted by molar-refractivity contribution is 5.69. The molecule has 3 heteroatoms. The lowest BCUT2D eigenvalue weighted by Crippen LogP contribution is -2.33. The Morgan fingerprint density at radius 1 is 1.50 bits per heavy atom. The molecule has 0 aromatic heterocycles. The van der Waals surface area contributed by atoms with Gasteiger partial charge in [-0.1, -0.05) is 20.8 Å². The minimum absolute atomic E-state index is 0.226. The van der Waals surface area contributed by atoms with Crippen molar-refractivity contribution in [3.8, 4) is 0 Å². The van der Waals surface area contributed by atoms with Gasteiger partial charge in [-0.2, -0.15) is 0 Å². The van der Waals surface area contributed by atoms with Crippen LogP contribution in [-0.4, -0.2) is 35.6 Å². The van der Waals surface area contributed by atoms with Gasteiger partial charge in [-0.25, -0.2) is 0 Å². The fourth-order valence-corrected chi connectivity index (χ4v) is 2.83. The van der Waals surface area contributed by atoms with Gasteiger partial charge >= 0.3 is 5.97 Å². The first-order chi connectivity index (χ1) is 6.43. The Morgan fingerprint density at radius 2 is 2.00 bits per heavy atom. The topological polar surface area (TPSA) is 40.5 Å². The standard InChI is InChI=1S/C11H19NO2/c1-7(10(13)14)4-12-5-8-9(6-12)11(8,2)3/h7-9H,4-6H2,1-3H3,(H,13,14). The van der Waals surface area contributed by atoms with E-state index < -0.39 is 5.97 Å². The fourth-order valence-electron chi connectivity index (χ4n) is 2.83. The van der Waals surface area contributed by atoms with Crippen LogP contribution in [0.1, 0.15) is 20.8 Å². The van der Waals surface area contributed by atoms with Crippen LogP contribution in [0.4, 0.5) is 0 Å². The molecule has 3 unspecified atom stereocenters. The van der Waals surface area contributed by atoms with Gasteiger partial charge in [-0.05, 0) is 17.3 Å². The summed E-state index contributed by atoms with van der Waals surface area (Å²) in [4.78, 5) is 13.0. The molecule has 1 heterocycles. The smallest absolute Gasteiger partial charge is 0.307 e. The van der Waals surface area contributed by atoms with Gasteiger partial charge in [0.2, 0.25) is 0 Å². The molecule has 2 rings (SSSR count). The number of likely N-dealkylation sites (tertiary alicyclic amines) is 1. The SMILES string of the molecule is CC(CN1CC2C(C1)C2(C)C)C(=O)O. The lowest BCUT2D eigenvalue weighted by molar-refractivity contribution is -0.141. The van der Waals surface area contributed by atoms with Crippen LogP contribution >= 0.6 is 0 Å². The number of hydrogen-bond acceptors (Lipinski definition) is 2. The van der Waals surface area contributed by atoms with Crippen LogP contribution in [0.25, 0.3) is 0 Å². The minimum atomic E-state index is -0.676. The van der Waals surface area contributed by atoms with Crippen molar-refractivity contribution in [1.29, 1.82) is 0 Å². The maximum atomic E-state index is 10.7. The number of fused-ring (bicyclic) bond motifs is 1. The third-order valence-corrected chi connectivity index (χ3v) is 4.15. The highest BCUT2D eigenvalue weighted by atomic mass is 16.4. The van der Waals surface area contributed by atoms with E-state index in [1.54, 1.807) is 6.92 Å². The van der Waals surface area contributed by atoms with Gasteiger partial charge in [0.25, 0.3) is 0 Å². The molecule has 1 aliphatic carbocycles. The normalized spacial score (nSPS) is 36.5. The molecule has 1 saturated heterocycles. The summed E-state index contributed by atoms with van der Waals surface area (Å²) in [5.74, 6) is 0.743. The van der Waals surface area contributed by atoms with Crippen LogP contribution in [0.3, 0.4) is 0 Å². The van der Waals surface area contributed by atoms with Crippen LogP contribution in [0.5, 0.6) is 0 Å². The third-order valence-electron chi connectivity index (χ3n) is 4.15. The average molecular weight is 197 g/mol. The molecule has 0 aromatic carbocycles. The Hall–Kier alpha value is -0.570. The lowest BCUT2D eigenvalue weighted by Gasteiger charge is -2.23. The van der Waals surface area contributed by atoms with Gasteiger partial charge < -0.3 is 10.0 Å². The zero-order chi connectivity index (χ0) is 10.5. The fraction of sp³-hybridized carbons (Fsp3) is 0.909. The zero-order valence-corrected chi connectivity index (χ0v) is 9.16. The van der Waals surface area contributed by atoms with Crippen LogP contribution in [-0.2, 0) is 4.79 Å². The summed E-state index contributed by atoms with van der Waals surface area (Å²) in [7, 11) is 0. The average Bonchev–Trinajstić information content (AvgIpc) is 2.51. The molecule has 0 spiro atoms. The summed E-state index contributed by atoms with van der Waals surface area (Å²) in [6.07, 6.45) is 0. The molecular formula is C11H19NO2. The first-order valence-corrected chi connectivity index (χ1v) is 5.38. The molecule has 0 aromatic rings. The quantitative estimate of drug-likeness (QED) is 0.741. The predicted molar refractivity (Wildman–Crippen MR) is 54.0 cm³/mol. The molecule has 3 nitrogen and oxygen atoms in total. The van der Waals surface area contributed by atoms with Crippen molar-refractivity contribution in [2.24, 2.45) is 23.2 Å². The second-order valence-corrected chi connectivity index (χ2v) is 5.49. The highest BCUT2D eigenvalue weighted by Gasteiger charge is 2.61. The number of rotatable bonds is 3. The molecule has 0 amide bonds. The summed E-state index contributed by atoms with van der Waals surface area (Å²) in [6, 6.07) is 0. The van der Waals surface area contributed by atoms with E-state index in [0.29, 0.717) is 5.41 Å². The van der Waals surface area contributed by atoms with E-state index in [1.807, 2.05) is 0 Å². The van der Waals surface area contributed by atoms with E-state index in [1.165, 1.54) is 0 Å². The van der Waals surface area contributed by atoms with Crippen LogP contribution in [0, 0.1) is 23.2 Å². The molecule has 0 bridgehead atoms. The monoisotopic (exact) mass is 197 g/mol. The number of piperidine rings is 1. The Kier molecular flexibility index (Phi) is 2.11. The van der Waals surface area contributed by atoms with Crippen molar-refractivity contribution in [2.45, 2.75) is 20.8 Å². The number of aliphatic carboxylic acids is 1. The van der Waals surface area contributed by atoms with Crippen molar-refractivity contribution in [1.82, 2.24) is 4.90 Å². The summed E-state index contributed by atoms with van der Waals surface area (Å²) < 4.78 is 0. The van der Waals surface area contributed by atoms with Crippen molar-refractivity contribution < 1.29 is 9.90 Å². The Morgan fingerprint density at radius 3 is 2.43 bits per heavy atom. The van der Waals surface area contributed by atoms with Crippen molar-refractivity contribution >= 4 is 5.97 Å². The van der Waals surface area contributed by atoms with Gasteiger partial charge in [0.05, 0.1) is 5.92 Å². The molecule has 0 radical (unpaired) electrons. The van der Waals surface area contributed by atoms with Crippen LogP contribution < -0.4 is 0 Å². The lowest BCUT2D eigenvalue weighted by atomic mass is 10.1. The van der Waals surface area contributed by atoms with Gasteiger partial charge in [0.1, 0.15) is 0 Å². The summed E-state index contributed by atoms with van der Waals surface area (Å²) in [6.45, 7) is 9.36. The molecule has 2 aliphatic rings. The van der Waals surface area contributed by atoms with E-state index >= 15 is 0 Å². The summed E-state index contributed by atoms with van der Waals surface area (Å²) in [5, 5.41) is 8.80. The molecule has 1 aliphatic heterocycles. The number of nitrogens with zero attached hydrogens (tertiary/aromatic N) is 1. The number of carboxylic acids is 1. The van der Waals surface area contributed by atoms with Crippen LogP contribution in [0.15, 0.2) is 0 Å². The van der Waals surface area contributed by atoms with Crippen LogP contribution in [0.2, 0.25) is 0 Å². The van der Waals surface area contributed by atoms with Gasteiger partial charge in [-0.15, -0.1) is 0 Å². The summed E-state index contributed by atoms with van der Waals surface area (Å²) in [5.41, 5.74) is 0.531. The molecule has 1 N–H and O–H groups in total. The van der Waals surface area contributed by atoms with Crippen molar-refractivity contribution in [3.63, 3.8) is 0 Å². The Balaban J connectivity index is 1.81. The second kappa shape index (κ2) is 2.96. The maximum absolute atomic E-state index is 10.7. The van der Waals surface area contributed by atoms with Gasteiger partial charge in [0, 0.05) is 19.6 Å². The Labute approximate surface area is 85.1 Å². The molecule has 1 saturated carbocycles. The first-order valence-electron chi connectivity index (χ1n) is 5.38. The van der Waals surface area contributed by atoms with E-state index in [-0.39, 0.29) is 5.92 Å². The van der Waals surface area contributed by atoms with Gasteiger partial charge in [-0.3, -0.25) is 4.79 Å². The molecule has 3 atom stereocenters. The minimum Gasteiger partial charge on any atom is -0.481 e. The predicted octanol–water partition coefficient (Wildman–Crippen LogP) is 1.29. The number of carbonyl (C=O) groups is 1. The number of hydrogen-bond donors (Lipinski definition) is 1. The van der Waals surface area contributed by atoms with Crippen molar-refractivity contribution in [2.75, 3.05) is 19.6 Å². The van der Waals surface area contributed by atoms with E-state index in [0.717, 1.165) is 31.5 Å². The zero-order valence-electron chi connectivity index (χ0n) is 9.16. The maximum Gasteiger partial charge on any atom is 0.307 e. The van der Waals surface area contributed by atoms with Crippen molar-refractivity contribution in [3.05, 3.63) is 0 Å². The van der Waals surface area contributed by atoms with Gasteiger partial charge in [0.15, 0.2) is 0 Å². The van der Waals surface area contributed by atoms with E-state index in [9.17, 15) is 4.79 Å². The first kappa shape index (κ1) is 9.97. The largest absolute Gasteiger partial charge is 0.481 e. The van der Waals surface area contributed by atoms with E-state index in [2.05, 4.69) is 18.7 Å².